The summed E-state index contributed by atoms with van der Waals surface area (Å²) in [6.07, 6.45) is -4.01. The van der Waals surface area contributed by atoms with Crippen LogP contribution in [0.2, 0.25) is 0 Å². The first kappa shape index (κ1) is 20.0. The Kier molecular flexibility index (Phi) is 6.81. The number of rotatable bonds is 4. The molecule has 3 nitrogen and oxygen atoms in total. The van der Waals surface area contributed by atoms with Gasteiger partial charge in [0.2, 0.25) is 0 Å². The van der Waals surface area contributed by atoms with E-state index in [0.717, 1.165) is 23.3 Å². The average molecular weight is 360 g/mol. The van der Waals surface area contributed by atoms with Gasteiger partial charge in [0.1, 0.15) is 6.04 Å². The van der Waals surface area contributed by atoms with Crippen molar-refractivity contribution < 1.29 is 22.7 Å². The zero-order chi connectivity index (χ0) is 17.0. The lowest BCUT2D eigenvalue weighted by Gasteiger charge is -2.10. The van der Waals surface area contributed by atoms with Gasteiger partial charge in [0.05, 0.1) is 12.7 Å². The summed E-state index contributed by atoms with van der Waals surface area (Å²) < 4.78 is 42.2. The fourth-order valence-electron chi connectivity index (χ4n) is 2.17. The molecule has 1 unspecified atom stereocenters. The molecule has 2 aromatic rings. The normalized spacial score (nSPS) is 12.2. The number of hydrogen-bond acceptors (Lipinski definition) is 3. The van der Waals surface area contributed by atoms with Crippen LogP contribution in [0.4, 0.5) is 13.2 Å². The van der Waals surface area contributed by atoms with Gasteiger partial charge in [-0.05, 0) is 35.2 Å². The monoisotopic (exact) mass is 359 g/mol. The first-order valence-electron chi connectivity index (χ1n) is 6.91. The number of carbonyl (C=O) groups excluding carboxylic acids is 1. The molecule has 0 aliphatic rings. The molecule has 2 rings (SSSR count). The summed E-state index contributed by atoms with van der Waals surface area (Å²) in [6.45, 7) is 0. The Bertz CT molecular complexity index is 670. The van der Waals surface area contributed by atoms with Crippen molar-refractivity contribution in [3.63, 3.8) is 0 Å². The fourth-order valence-corrected chi connectivity index (χ4v) is 2.17. The summed E-state index contributed by atoms with van der Waals surface area (Å²) in [6, 6.07) is 11.4. The van der Waals surface area contributed by atoms with Crippen LogP contribution in [0, 0.1) is 0 Å². The van der Waals surface area contributed by atoms with Gasteiger partial charge in [-0.15, -0.1) is 12.4 Å². The van der Waals surface area contributed by atoms with Crippen LogP contribution in [0.1, 0.15) is 11.1 Å². The number of benzene rings is 2. The van der Waals surface area contributed by atoms with E-state index in [0.29, 0.717) is 12.0 Å². The molecular weight excluding hydrogens is 343 g/mol. The second-order valence-electron chi connectivity index (χ2n) is 5.11. The van der Waals surface area contributed by atoms with Crippen molar-refractivity contribution in [2.75, 3.05) is 7.11 Å². The highest BCUT2D eigenvalue weighted by atomic mass is 35.5. The average Bonchev–Trinajstić information content (AvgIpc) is 2.54. The smallest absolute Gasteiger partial charge is 0.416 e. The van der Waals surface area contributed by atoms with E-state index in [1.807, 2.05) is 0 Å². The second kappa shape index (κ2) is 8.17. The lowest BCUT2D eigenvalue weighted by atomic mass is 10.00. The van der Waals surface area contributed by atoms with Crippen LogP contribution >= 0.6 is 12.4 Å². The van der Waals surface area contributed by atoms with Crippen molar-refractivity contribution in [2.24, 2.45) is 5.73 Å². The Morgan fingerprint density at radius 2 is 1.50 bits per heavy atom. The van der Waals surface area contributed by atoms with Gasteiger partial charge >= 0.3 is 12.1 Å². The summed E-state index contributed by atoms with van der Waals surface area (Å²) in [4.78, 5) is 11.3. The standard InChI is InChI=1S/C17H16F3NO2.ClH/c1-23-16(22)15(21)10-11-2-4-12(5-3-11)13-6-8-14(9-7-13)17(18,19)20;/h2-9,15H,10,21H2,1H3;1H. The molecule has 0 heterocycles. The van der Waals surface area contributed by atoms with E-state index < -0.39 is 23.8 Å². The van der Waals surface area contributed by atoms with Crippen LogP contribution in [0.25, 0.3) is 11.1 Å². The highest BCUT2D eigenvalue weighted by Gasteiger charge is 2.29. The van der Waals surface area contributed by atoms with E-state index in [1.54, 1.807) is 24.3 Å². The van der Waals surface area contributed by atoms with Crippen molar-refractivity contribution in [2.45, 2.75) is 18.6 Å². The van der Waals surface area contributed by atoms with Gasteiger partial charge in [-0.2, -0.15) is 13.2 Å². The zero-order valence-corrected chi connectivity index (χ0v) is 13.7. The van der Waals surface area contributed by atoms with Gasteiger partial charge in [-0.3, -0.25) is 4.79 Å². The summed E-state index contributed by atoms with van der Waals surface area (Å²) >= 11 is 0. The third-order valence-electron chi connectivity index (χ3n) is 3.46. The molecule has 0 saturated heterocycles. The van der Waals surface area contributed by atoms with E-state index >= 15 is 0 Å². The number of nitrogens with two attached hydrogens (primary N) is 1. The van der Waals surface area contributed by atoms with Gasteiger partial charge in [-0.1, -0.05) is 36.4 Å². The number of carbonyl (C=O) groups is 1. The molecule has 0 radical (unpaired) electrons. The van der Waals surface area contributed by atoms with Gasteiger partial charge in [0, 0.05) is 0 Å². The molecule has 2 aromatic carbocycles. The van der Waals surface area contributed by atoms with Gasteiger partial charge in [0.25, 0.3) is 0 Å². The number of halogens is 4. The number of esters is 1. The van der Waals surface area contributed by atoms with Crippen molar-refractivity contribution >= 4 is 18.4 Å². The number of methoxy groups -OCH3 is 1. The third-order valence-corrected chi connectivity index (χ3v) is 3.46. The lowest BCUT2D eigenvalue weighted by molar-refractivity contribution is -0.142. The molecule has 0 aliphatic heterocycles. The summed E-state index contributed by atoms with van der Waals surface area (Å²) in [5, 5.41) is 0. The van der Waals surface area contributed by atoms with Crippen molar-refractivity contribution in [3.8, 4) is 11.1 Å². The predicted octanol–water partition coefficient (Wildman–Crippen LogP) is 3.84. The molecule has 0 saturated carbocycles. The third kappa shape index (κ3) is 4.97. The molecule has 0 bridgehead atoms. The van der Waals surface area contributed by atoms with Crippen molar-refractivity contribution in [1.82, 2.24) is 0 Å². The summed E-state index contributed by atoms with van der Waals surface area (Å²) in [5.41, 5.74) is 7.32. The molecule has 24 heavy (non-hydrogen) atoms. The fraction of sp³-hybridized carbons (Fsp3) is 0.235. The van der Waals surface area contributed by atoms with Crippen LogP contribution in [-0.4, -0.2) is 19.1 Å². The van der Waals surface area contributed by atoms with Gasteiger partial charge in [-0.25, -0.2) is 0 Å². The quantitative estimate of drug-likeness (QED) is 0.844. The Hall–Kier alpha value is -2.05. The molecule has 7 heteroatoms. The van der Waals surface area contributed by atoms with Crippen LogP contribution in [0.15, 0.2) is 48.5 Å². The topological polar surface area (TPSA) is 52.3 Å². The van der Waals surface area contributed by atoms with E-state index in [4.69, 9.17) is 5.73 Å². The summed E-state index contributed by atoms with van der Waals surface area (Å²) in [7, 11) is 1.27. The molecule has 0 aromatic heterocycles. The molecule has 0 aliphatic carbocycles. The molecule has 0 spiro atoms. The Morgan fingerprint density at radius 1 is 1.04 bits per heavy atom. The number of ether oxygens (including phenoxy) is 1. The minimum absolute atomic E-state index is 0. The number of alkyl halides is 3. The van der Waals surface area contributed by atoms with E-state index in [1.165, 1.54) is 19.2 Å². The van der Waals surface area contributed by atoms with Gasteiger partial charge in [0.15, 0.2) is 0 Å². The maximum absolute atomic E-state index is 12.5. The maximum atomic E-state index is 12.5. The van der Waals surface area contributed by atoms with Crippen LogP contribution in [-0.2, 0) is 22.1 Å². The SMILES string of the molecule is COC(=O)C(N)Cc1ccc(-c2ccc(C(F)(F)F)cc2)cc1.Cl. The number of hydrogen-bond donors (Lipinski definition) is 1. The minimum atomic E-state index is -4.34. The predicted molar refractivity (Wildman–Crippen MR) is 87.8 cm³/mol. The largest absolute Gasteiger partial charge is 0.468 e. The zero-order valence-electron chi connectivity index (χ0n) is 12.8. The molecule has 0 fully saturated rings. The van der Waals surface area contributed by atoms with Crippen molar-refractivity contribution in [3.05, 3.63) is 59.7 Å². The van der Waals surface area contributed by atoms with E-state index in [-0.39, 0.29) is 12.4 Å². The first-order valence-corrected chi connectivity index (χ1v) is 6.91. The first-order chi connectivity index (χ1) is 10.8. The molecule has 130 valence electrons. The van der Waals surface area contributed by atoms with Crippen LogP contribution in [0.3, 0.4) is 0 Å². The second-order valence-corrected chi connectivity index (χ2v) is 5.11. The molecular formula is C17H17ClF3NO2. The molecule has 2 N–H and O–H groups in total. The Labute approximate surface area is 144 Å². The molecule has 1 atom stereocenters. The van der Waals surface area contributed by atoms with Crippen LogP contribution in [0.5, 0.6) is 0 Å². The maximum Gasteiger partial charge on any atom is 0.416 e. The van der Waals surface area contributed by atoms with Crippen LogP contribution < -0.4 is 5.73 Å². The Balaban J connectivity index is 0.00000288. The Morgan fingerprint density at radius 3 is 1.92 bits per heavy atom. The van der Waals surface area contributed by atoms with E-state index in [2.05, 4.69) is 4.74 Å². The van der Waals surface area contributed by atoms with Crippen molar-refractivity contribution in [1.29, 1.82) is 0 Å². The van der Waals surface area contributed by atoms with Gasteiger partial charge < -0.3 is 10.5 Å². The molecule has 0 amide bonds. The summed E-state index contributed by atoms with van der Waals surface area (Å²) in [5.74, 6) is -0.489. The van der Waals surface area contributed by atoms with E-state index in [9.17, 15) is 18.0 Å². The minimum Gasteiger partial charge on any atom is -0.468 e. The lowest BCUT2D eigenvalue weighted by Crippen LogP contribution is -2.33. The highest BCUT2D eigenvalue weighted by Crippen LogP contribution is 2.31. The highest BCUT2D eigenvalue weighted by molar-refractivity contribution is 5.85.